The van der Waals surface area contributed by atoms with Gasteiger partial charge in [-0.05, 0) is 31.1 Å². The Bertz CT molecular complexity index is 517. The summed E-state index contributed by atoms with van der Waals surface area (Å²) in [5.74, 6) is 2.26. The molecule has 6 nitrogen and oxygen atoms in total. The van der Waals surface area contributed by atoms with E-state index in [-0.39, 0.29) is 6.03 Å². The smallest absolute Gasteiger partial charge is 0.317 e. The summed E-state index contributed by atoms with van der Waals surface area (Å²) >= 11 is 0. The molecule has 0 saturated carbocycles. The van der Waals surface area contributed by atoms with Gasteiger partial charge in [0.1, 0.15) is 11.6 Å². The van der Waals surface area contributed by atoms with Gasteiger partial charge < -0.3 is 10.2 Å². The molecular formula is C16H29N5O. The zero-order valence-corrected chi connectivity index (χ0v) is 14.5. The van der Waals surface area contributed by atoms with Crippen LogP contribution in [0.2, 0.25) is 0 Å². The average Bonchev–Trinajstić information content (AvgIpc) is 2.75. The number of carbonyl (C=O) groups excluding carboxylic acids is 1. The Morgan fingerprint density at radius 2 is 2.09 bits per heavy atom. The lowest BCUT2D eigenvalue weighted by atomic mass is 9.84. The van der Waals surface area contributed by atoms with Crippen LogP contribution >= 0.6 is 0 Å². The van der Waals surface area contributed by atoms with Crippen LogP contribution in [-0.2, 0) is 13.1 Å². The first-order valence-electron chi connectivity index (χ1n) is 8.18. The molecule has 1 aromatic rings. The highest BCUT2D eigenvalue weighted by Crippen LogP contribution is 2.25. The van der Waals surface area contributed by atoms with Gasteiger partial charge in [-0.15, -0.1) is 0 Å². The van der Waals surface area contributed by atoms with Crippen LogP contribution in [0, 0.1) is 18.3 Å². The van der Waals surface area contributed by atoms with Gasteiger partial charge in [0, 0.05) is 13.1 Å². The Morgan fingerprint density at radius 3 is 2.77 bits per heavy atom. The van der Waals surface area contributed by atoms with Gasteiger partial charge >= 0.3 is 6.03 Å². The fourth-order valence-electron chi connectivity index (χ4n) is 3.12. The van der Waals surface area contributed by atoms with Crippen LogP contribution in [0.5, 0.6) is 0 Å². The van der Waals surface area contributed by atoms with Crippen molar-refractivity contribution in [3.05, 3.63) is 11.6 Å². The molecule has 0 aromatic carbocycles. The van der Waals surface area contributed by atoms with Gasteiger partial charge in [0.2, 0.25) is 0 Å². The van der Waals surface area contributed by atoms with E-state index in [1.54, 1.807) is 0 Å². The maximum Gasteiger partial charge on any atom is 0.317 e. The molecule has 2 amide bonds. The van der Waals surface area contributed by atoms with E-state index in [0.29, 0.717) is 24.4 Å². The topological polar surface area (TPSA) is 63.1 Å². The van der Waals surface area contributed by atoms with E-state index in [2.05, 4.69) is 43.1 Å². The van der Waals surface area contributed by atoms with Crippen molar-refractivity contribution in [1.82, 2.24) is 25.0 Å². The van der Waals surface area contributed by atoms with Crippen LogP contribution in [0.15, 0.2) is 0 Å². The lowest BCUT2D eigenvalue weighted by molar-refractivity contribution is 0.178. The molecule has 1 atom stereocenters. The third-order valence-electron chi connectivity index (χ3n) is 3.93. The lowest BCUT2D eigenvalue weighted by Crippen LogP contribution is -2.44. The van der Waals surface area contributed by atoms with Crippen molar-refractivity contribution in [2.45, 2.75) is 60.5 Å². The molecule has 2 rings (SSSR count). The number of carbonyl (C=O) groups is 1. The van der Waals surface area contributed by atoms with Gasteiger partial charge in [0.25, 0.3) is 0 Å². The molecule has 0 unspecified atom stereocenters. The third-order valence-corrected chi connectivity index (χ3v) is 3.93. The van der Waals surface area contributed by atoms with Gasteiger partial charge in [0.15, 0.2) is 0 Å². The number of fused-ring (bicyclic) bond motifs is 1. The zero-order chi connectivity index (χ0) is 16.3. The third kappa shape index (κ3) is 4.71. The van der Waals surface area contributed by atoms with Gasteiger partial charge in [0.05, 0.1) is 13.1 Å². The number of aromatic nitrogens is 3. The van der Waals surface area contributed by atoms with Crippen LogP contribution < -0.4 is 5.32 Å². The molecule has 0 fully saturated rings. The van der Waals surface area contributed by atoms with E-state index < -0.39 is 0 Å². The summed E-state index contributed by atoms with van der Waals surface area (Å²) in [6.07, 6.45) is 2.20. The summed E-state index contributed by atoms with van der Waals surface area (Å²) in [4.78, 5) is 18.4. The van der Waals surface area contributed by atoms with E-state index >= 15 is 0 Å². The molecule has 0 aliphatic carbocycles. The van der Waals surface area contributed by atoms with Crippen LogP contribution in [0.4, 0.5) is 4.79 Å². The predicted octanol–water partition coefficient (Wildman–Crippen LogP) is 2.57. The average molecular weight is 307 g/mol. The summed E-state index contributed by atoms with van der Waals surface area (Å²) in [6.45, 7) is 13.6. The Morgan fingerprint density at radius 1 is 1.36 bits per heavy atom. The number of rotatable bonds is 4. The minimum absolute atomic E-state index is 0.00913. The number of hydrogen-bond acceptors (Lipinski definition) is 3. The first-order chi connectivity index (χ1) is 10.2. The summed E-state index contributed by atoms with van der Waals surface area (Å²) < 4.78 is 1.89. The standard InChI is InChI=1S/C16H29N5O/c1-12(10-16(3,4)5)6-7-17-15(22)20-8-9-21-14(11-20)18-13(2)19-21/h12H,6-11H2,1-5H3,(H,17,22)/t12-/m0/s1. The largest absolute Gasteiger partial charge is 0.338 e. The molecule has 22 heavy (non-hydrogen) atoms. The molecule has 0 radical (unpaired) electrons. The van der Waals surface area contributed by atoms with Gasteiger partial charge in [-0.25, -0.2) is 14.5 Å². The van der Waals surface area contributed by atoms with Crippen LogP contribution in [0.3, 0.4) is 0 Å². The van der Waals surface area contributed by atoms with Crippen LogP contribution in [0.1, 0.15) is 52.2 Å². The number of aryl methyl sites for hydroxylation is 1. The van der Waals surface area contributed by atoms with E-state index in [9.17, 15) is 4.79 Å². The Balaban J connectivity index is 1.74. The summed E-state index contributed by atoms with van der Waals surface area (Å²) in [5.41, 5.74) is 0.345. The van der Waals surface area contributed by atoms with E-state index in [1.165, 1.54) is 6.42 Å². The van der Waals surface area contributed by atoms with Crippen LogP contribution in [-0.4, -0.2) is 38.8 Å². The molecule has 6 heteroatoms. The van der Waals surface area contributed by atoms with E-state index in [4.69, 9.17) is 0 Å². The summed E-state index contributed by atoms with van der Waals surface area (Å²) in [5, 5.41) is 7.35. The monoisotopic (exact) mass is 307 g/mol. The van der Waals surface area contributed by atoms with Gasteiger partial charge in [-0.1, -0.05) is 27.7 Å². The quantitative estimate of drug-likeness (QED) is 0.930. The van der Waals surface area contributed by atoms with Crippen molar-refractivity contribution in [3.8, 4) is 0 Å². The zero-order valence-electron chi connectivity index (χ0n) is 14.5. The molecule has 1 aliphatic heterocycles. The number of amides is 2. The second kappa shape index (κ2) is 6.67. The van der Waals surface area contributed by atoms with Crippen molar-refractivity contribution in [3.63, 3.8) is 0 Å². The maximum absolute atomic E-state index is 12.2. The summed E-state index contributed by atoms with van der Waals surface area (Å²) in [7, 11) is 0. The molecule has 1 aromatic heterocycles. The van der Waals surface area contributed by atoms with Crippen LogP contribution in [0.25, 0.3) is 0 Å². The van der Waals surface area contributed by atoms with Crippen molar-refractivity contribution >= 4 is 6.03 Å². The predicted molar refractivity (Wildman–Crippen MR) is 86.4 cm³/mol. The molecule has 1 aliphatic rings. The second-order valence-corrected chi connectivity index (χ2v) is 7.61. The molecule has 0 spiro atoms. The normalized spacial score (nSPS) is 16.3. The van der Waals surface area contributed by atoms with Crippen molar-refractivity contribution < 1.29 is 4.79 Å². The molecule has 1 N–H and O–H groups in total. The molecular weight excluding hydrogens is 278 g/mol. The number of nitrogens with zero attached hydrogens (tertiary/aromatic N) is 4. The number of nitrogens with one attached hydrogen (secondary N) is 1. The lowest BCUT2D eigenvalue weighted by Gasteiger charge is -2.27. The second-order valence-electron chi connectivity index (χ2n) is 7.61. The highest BCUT2D eigenvalue weighted by molar-refractivity contribution is 5.74. The van der Waals surface area contributed by atoms with Crippen molar-refractivity contribution in [2.75, 3.05) is 13.1 Å². The molecule has 2 heterocycles. The first-order valence-corrected chi connectivity index (χ1v) is 8.18. The highest BCUT2D eigenvalue weighted by atomic mass is 16.2. The molecule has 0 saturated heterocycles. The summed E-state index contributed by atoms with van der Waals surface area (Å²) in [6, 6.07) is 0.00913. The maximum atomic E-state index is 12.2. The highest BCUT2D eigenvalue weighted by Gasteiger charge is 2.23. The van der Waals surface area contributed by atoms with E-state index in [1.807, 2.05) is 16.5 Å². The Kier molecular flexibility index (Phi) is 5.08. The number of urea groups is 1. The molecule has 124 valence electrons. The molecule has 0 bridgehead atoms. The SMILES string of the molecule is Cc1nc2n(n1)CCN(C(=O)NCC[C@H](C)CC(C)(C)C)C2. The van der Waals surface area contributed by atoms with E-state index in [0.717, 1.165) is 31.2 Å². The number of hydrogen-bond donors (Lipinski definition) is 1. The first kappa shape index (κ1) is 16.8. The van der Waals surface area contributed by atoms with Gasteiger partial charge in [-0.3, -0.25) is 0 Å². The van der Waals surface area contributed by atoms with Crippen molar-refractivity contribution in [1.29, 1.82) is 0 Å². The minimum atomic E-state index is 0.00913. The van der Waals surface area contributed by atoms with Gasteiger partial charge in [-0.2, -0.15) is 5.10 Å². The Hall–Kier alpha value is -1.59. The fourth-order valence-corrected chi connectivity index (χ4v) is 3.12. The van der Waals surface area contributed by atoms with Crippen molar-refractivity contribution in [2.24, 2.45) is 11.3 Å². The Labute approximate surface area is 133 Å². The fraction of sp³-hybridized carbons (Fsp3) is 0.812. The minimum Gasteiger partial charge on any atom is -0.338 e.